The maximum atomic E-state index is 8.86. The second kappa shape index (κ2) is 9.51. The number of ether oxygens (including phenoxy) is 1. The molecule has 0 heterocycles. The van der Waals surface area contributed by atoms with Gasteiger partial charge in [-0.25, -0.2) is 0 Å². The molecule has 1 aromatic carbocycles. The molecule has 0 spiro atoms. The SMILES string of the molecule is CC(CO)CSCCCOCc1ccccc1. The summed E-state index contributed by atoms with van der Waals surface area (Å²) >= 11 is 1.89. The van der Waals surface area contributed by atoms with E-state index in [0.29, 0.717) is 12.5 Å². The van der Waals surface area contributed by atoms with Crippen LogP contribution in [0.2, 0.25) is 0 Å². The first-order valence-electron chi connectivity index (χ1n) is 6.13. The lowest BCUT2D eigenvalue weighted by Crippen LogP contribution is -2.04. The topological polar surface area (TPSA) is 29.5 Å². The largest absolute Gasteiger partial charge is 0.396 e. The highest BCUT2D eigenvalue weighted by atomic mass is 32.2. The lowest BCUT2D eigenvalue weighted by molar-refractivity contribution is 0.122. The number of hydrogen-bond acceptors (Lipinski definition) is 3. The van der Waals surface area contributed by atoms with Crippen LogP contribution in [0.3, 0.4) is 0 Å². The number of aliphatic hydroxyl groups excluding tert-OH is 1. The molecular formula is C14H22O2S. The molecule has 0 radical (unpaired) electrons. The normalized spacial score (nSPS) is 12.6. The van der Waals surface area contributed by atoms with Gasteiger partial charge in [0, 0.05) is 13.2 Å². The van der Waals surface area contributed by atoms with E-state index in [0.717, 1.165) is 24.5 Å². The first-order chi connectivity index (χ1) is 8.33. The van der Waals surface area contributed by atoms with E-state index in [1.165, 1.54) is 5.56 Å². The van der Waals surface area contributed by atoms with Crippen molar-refractivity contribution in [1.82, 2.24) is 0 Å². The van der Waals surface area contributed by atoms with Crippen molar-refractivity contribution in [3.8, 4) is 0 Å². The van der Waals surface area contributed by atoms with Crippen LogP contribution in [-0.2, 0) is 11.3 Å². The van der Waals surface area contributed by atoms with Crippen LogP contribution in [0.25, 0.3) is 0 Å². The first-order valence-corrected chi connectivity index (χ1v) is 7.28. The van der Waals surface area contributed by atoms with Crippen LogP contribution in [0.1, 0.15) is 18.9 Å². The summed E-state index contributed by atoms with van der Waals surface area (Å²) in [7, 11) is 0. The lowest BCUT2D eigenvalue weighted by Gasteiger charge is -2.07. The van der Waals surface area contributed by atoms with E-state index in [1.807, 2.05) is 30.0 Å². The molecule has 0 saturated carbocycles. The Kier molecular flexibility index (Phi) is 8.14. The molecule has 1 N–H and O–H groups in total. The van der Waals surface area contributed by atoms with Gasteiger partial charge >= 0.3 is 0 Å². The van der Waals surface area contributed by atoms with Crippen LogP contribution in [0, 0.1) is 5.92 Å². The molecule has 0 aromatic heterocycles. The summed E-state index contributed by atoms with van der Waals surface area (Å²) < 4.78 is 5.59. The van der Waals surface area contributed by atoms with Crippen LogP contribution in [0.5, 0.6) is 0 Å². The van der Waals surface area contributed by atoms with Gasteiger partial charge in [-0.05, 0) is 29.4 Å². The van der Waals surface area contributed by atoms with Gasteiger partial charge in [0.1, 0.15) is 0 Å². The highest BCUT2D eigenvalue weighted by Crippen LogP contribution is 2.09. The fourth-order valence-electron chi connectivity index (χ4n) is 1.36. The van der Waals surface area contributed by atoms with Crippen molar-refractivity contribution in [1.29, 1.82) is 0 Å². The van der Waals surface area contributed by atoms with Gasteiger partial charge in [-0.15, -0.1) is 0 Å². The second-order valence-corrected chi connectivity index (χ2v) is 5.40. The molecule has 0 amide bonds. The van der Waals surface area contributed by atoms with Gasteiger partial charge in [0.05, 0.1) is 6.61 Å². The van der Waals surface area contributed by atoms with Crippen molar-refractivity contribution in [3.05, 3.63) is 35.9 Å². The summed E-state index contributed by atoms with van der Waals surface area (Å²) in [6, 6.07) is 10.2. The fourth-order valence-corrected chi connectivity index (χ4v) is 2.36. The molecule has 0 saturated heterocycles. The van der Waals surface area contributed by atoms with E-state index in [9.17, 15) is 0 Å². The Bertz CT molecular complexity index is 277. The summed E-state index contributed by atoms with van der Waals surface area (Å²) in [4.78, 5) is 0. The van der Waals surface area contributed by atoms with Crippen molar-refractivity contribution in [2.75, 3.05) is 24.7 Å². The number of benzene rings is 1. The van der Waals surface area contributed by atoms with Gasteiger partial charge in [0.15, 0.2) is 0 Å². The molecule has 0 fully saturated rings. The molecule has 1 rings (SSSR count). The van der Waals surface area contributed by atoms with E-state index in [-0.39, 0.29) is 6.61 Å². The third-order valence-electron chi connectivity index (χ3n) is 2.40. The van der Waals surface area contributed by atoms with Crippen molar-refractivity contribution < 1.29 is 9.84 Å². The lowest BCUT2D eigenvalue weighted by atomic mass is 10.2. The first kappa shape index (κ1) is 14.6. The zero-order valence-corrected chi connectivity index (χ0v) is 11.3. The number of aliphatic hydroxyl groups is 1. The zero-order valence-electron chi connectivity index (χ0n) is 10.5. The van der Waals surface area contributed by atoms with E-state index < -0.39 is 0 Å². The molecular weight excluding hydrogens is 232 g/mol. The summed E-state index contributed by atoms with van der Waals surface area (Å²) in [6.07, 6.45) is 1.08. The molecule has 2 nitrogen and oxygen atoms in total. The third kappa shape index (κ3) is 7.42. The van der Waals surface area contributed by atoms with E-state index in [1.54, 1.807) is 0 Å². The molecule has 17 heavy (non-hydrogen) atoms. The maximum absolute atomic E-state index is 8.86. The van der Waals surface area contributed by atoms with Crippen LogP contribution < -0.4 is 0 Å². The Labute approximate surface area is 108 Å². The third-order valence-corrected chi connectivity index (χ3v) is 3.79. The Morgan fingerprint density at radius 1 is 1.29 bits per heavy atom. The smallest absolute Gasteiger partial charge is 0.0716 e. The summed E-state index contributed by atoms with van der Waals surface area (Å²) in [5, 5.41) is 8.86. The van der Waals surface area contributed by atoms with Crippen LogP contribution in [0.4, 0.5) is 0 Å². The molecule has 0 aliphatic carbocycles. The molecule has 96 valence electrons. The van der Waals surface area contributed by atoms with Crippen molar-refractivity contribution in [3.63, 3.8) is 0 Å². The maximum Gasteiger partial charge on any atom is 0.0716 e. The molecule has 0 bridgehead atoms. The average Bonchev–Trinajstić information content (AvgIpc) is 2.38. The fraction of sp³-hybridized carbons (Fsp3) is 0.571. The van der Waals surface area contributed by atoms with Crippen molar-refractivity contribution in [2.24, 2.45) is 5.92 Å². The van der Waals surface area contributed by atoms with Crippen LogP contribution in [0.15, 0.2) is 30.3 Å². The van der Waals surface area contributed by atoms with Gasteiger partial charge in [-0.2, -0.15) is 11.8 Å². The number of hydrogen-bond donors (Lipinski definition) is 1. The predicted molar refractivity (Wildman–Crippen MR) is 74.3 cm³/mol. The molecule has 1 atom stereocenters. The monoisotopic (exact) mass is 254 g/mol. The van der Waals surface area contributed by atoms with Gasteiger partial charge in [-0.1, -0.05) is 37.3 Å². The Hall–Kier alpha value is -0.510. The minimum absolute atomic E-state index is 0.289. The van der Waals surface area contributed by atoms with Crippen molar-refractivity contribution >= 4 is 11.8 Å². The van der Waals surface area contributed by atoms with Crippen LogP contribution in [-0.4, -0.2) is 29.8 Å². The van der Waals surface area contributed by atoms with Crippen LogP contribution >= 0.6 is 11.8 Å². The average molecular weight is 254 g/mol. The highest BCUT2D eigenvalue weighted by Gasteiger charge is 1.99. The quantitative estimate of drug-likeness (QED) is 0.687. The highest BCUT2D eigenvalue weighted by molar-refractivity contribution is 7.99. The van der Waals surface area contributed by atoms with E-state index in [2.05, 4.69) is 19.1 Å². The van der Waals surface area contributed by atoms with E-state index in [4.69, 9.17) is 9.84 Å². The number of thioether (sulfide) groups is 1. The van der Waals surface area contributed by atoms with Gasteiger partial charge in [-0.3, -0.25) is 0 Å². The standard InChI is InChI=1S/C14H22O2S/c1-13(10-15)12-17-9-5-8-16-11-14-6-3-2-4-7-14/h2-4,6-7,13,15H,5,8-12H2,1H3. The molecule has 1 aromatic rings. The summed E-state index contributed by atoms with van der Waals surface area (Å²) in [5.74, 6) is 2.55. The molecule has 3 heteroatoms. The van der Waals surface area contributed by atoms with E-state index >= 15 is 0 Å². The Morgan fingerprint density at radius 2 is 2.06 bits per heavy atom. The van der Waals surface area contributed by atoms with Gasteiger partial charge in [0.25, 0.3) is 0 Å². The molecule has 0 aliphatic heterocycles. The summed E-state index contributed by atoms with van der Waals surface area (Å²) in [5.41, 5.74) is 1.23. The Morgan fingerprint density at radius 3 is 2.76 bits per heavy atom. The minimum Gasteiger partial charge on any atom is -0.396 e. The number of rotatable bonds is 9. The molecule has 0 aliphatic rings. The zero-order chi connectivity index (χ0) is 12.3. The van der Waals surface area contributed by atoms with Crippen molar-refractivity contribution in [2.45, 2.75) is 20.0 Å². The minimum atomic E-state index is 0.289. The predicted octanol–water partition coefficient (Wildman–Crippen LogP) is 2.95. The van der Waals surface area contributed by atoms with Gasteiger partial charge in [0.2, 0.25) is 0 Å². The Balaban J connectivity index is 1.91. The van der Waals surface area contributed by atoms with Gasteiger partial charge < -0.3 is 9.84 Å². The molecule has 1 unspecified atom stereocenters. The second-order valence-electron chi connectivity index (χ2n) is 4.25. The summed E-state index contributed by atoms with van der Waals surface area (Å²) in [6.45, 7) is 3.88.